The molecule has 19 heavy (non-hydrogen) atoms. The number of nitrogens with one attached hydrogen (secondary N) is 2. The van der Waals surface area contributed by atoms with Gasteiger partial charge in [0.15, 0.2) is 0 Å². The molecule has 0 spiro atoms. The molecule has 4 N–H and O–H groups in total. The summed E-state index contributed by atoms with van der Waals surface area (Å²) < 4.78 is 1.93. The Balaban J connectivity index is 1.93. The van der Waals surface area contributed by atoms with Gasteiger partial charge in [0, 0.05) is 32.4 Å². The SMILES string of the molecule is Cn1ccnc1CCNC(=O)c1ccccc1NN. The Morgan fingerprint density at radius 3 is 2.89 bits per heavy atom. The molecular weight excluding hydrogens is 242 g/mol. The summed E-state index contributed by atoms with van der Waals surface area (Å²) in [5, 5.41) is 2.85. The number of carbonyl (C=O) groups excluding carboxylic acids is 1. The number of hydrogen-bond donors (Lipinski definition) is 3. The minimum Gasteiger partial charge on any atom is -0.352 e. The van der Waals surface area contributed by atoms with Crippen molar-refractivity contribution >= 4 is 11.6 Å². The van der Waals surface area contributed by atoms with Crippen LogP contribution in [0.2, 0.25) is 0 Å². The maximum atomic E-state index is 12.0. The van der Waals surface area contributed by atoms with Crippen LogP contribution in [0.25, 0.3) is 0 Å². The number of anilines is 1. The van der Waals surface area contributed by atoms with E-state index in [1.807, 2.05) is 23.9 Å². The van der Waals surface area contributed by atoms with E-state index in [1.165, 1.54) is 0 Å². The molecule has 6 heteroatoms. The highest BCUT2D eigenvalue weighted by molar-refractivity contribution is 5.99. The summed E-state index contributed by atoms with van der Waals surface area (Å²) >= 11 is 0. The minimum atomic E-state index is -0.150. The van der Waals surface area contributed by atoms with E-state index >= 15 is 0 Å². The van der Waals surface area contributed by atoms with Crippen LogP contribution in [-0.2, 0) is 13.5 Å². The van der Waals surface area contributed by atoms with E-state index in [4.69, 9.17) is 5.84 Å². The zero-order chi connectivity index (χ0) is 13.7. The van der Waals surface area contributed by atoms with Crippen LogP contribution in [0.5, 0.6) is 0 Å². The first kappa shape index (κ1) is 13.1. The minimum absolute atomic E-state index is 0.150. The number of nitrogens with zero attached hydrogens (tertiary/aromatic N) is 2. The van der Waals surface area contributed by atoms with Gasteiger partial charge in [-0.3, -0.25) is 10.6 Å². The summed E-state index contributed by atoms with van der Waals surface area (Å²) in [6, 6.07) is 7.10. The maximum absolute atomic E-state index is 12.0. The third-order valence-electron chi connectivity index (χ3n) is 2.88. The van der Waals surface area contributed by atoms with Crippen molar-refractivity contribution in [1.82, 2.24) is 14.9 Å². The Labute approximate surface area is 111 Å². The Bertz CT molecular complexity index is 564. The van der Waals surface area contributed by atoms with E-state index in [0.29, 0.717) is 24.2 Å². The van der Waals surface area contributed by atoms with Gasteiger partial charge in [0.05, 0.1) is 11.3 Å². The van der Waals surface area contributed by atoms with Crippen LogP contribution in [-0.4, -0.2) is 22.0 Å². The van der Waals surface area contributed by atoms with Crippen molar-refractivity contribution in [2.24, 2.45) is 12.9 Å². The Morgan fingerprint density at radius 1 is 1.42 bits per heavy atom. The monoisotopic (exact) mass is 259 g/mol. The molecule has 6 nitrogen and oxygen atoms in total. The van der Waals surface area contributed by atoms with Crippen molar-refractivity contribution in [2.75, 3.05) is 12.0 Å². The summed E-state index contributed by atoms with van der Waals surface area (Å²) in [7, 11) is 1.93. The largest absolute Gasteiger partial charge is 0.352 e. The highest BCUT2D eigenvalue weighted by Crippen LogP contribution is 2.12. The summed E-state index contributed by atoms with van der Waals surface area (Å²) in [5.74, 6) is 6.16. The Morgan fingerprint density at radius 2 is 2.21 bits per heavy atom. The zero-order valence-electron chi connectivity index (χ0n) is 10.8. The lowest BCUT2D eigenvalue weighted by Crippen LogP contribution is -2.27. The average molecular weight is 259 g/mol. The molecule has 0 aliphatic carbocycles. The standard InChI is InChI=1S/C13H17N5O/c1-18-9-8-15-12(18)6-7-16-13(19)10-4-2-3-5-11(10)17-14/h2-5,8-9,17H,6-7,14H2,1H3,(H,16,19). The third-order valence-corrected chi connectivity index (χ3v) is 2.88. The smallest absolute Gasteiger partial charge is 0.253 e. The second-order valence-electron chi connectivity index (χ2n) is 4.15. The third kappa shape index (κ3) is 3.11. The molecule has 0 aliphatic heterocycles. The van der Waals surface area contributed by atoms with Gasteiger partial charge in [0.1, 0.15) is 5.82 Å². The van der Waals surface area contributed by atoms with Crippen molar-refractivity contribution in [1.29, 1.82) is 0 Å². The summed E-state index contributed by atoms with van der Waals surface area (Å²) in [6.45, 7) is 0.530. The predicted molar refractivity (Wildman–Crippen MR) is 73.5 cm³/mol. The first-order chi connectivity index (χ1) is 9.22. The normalized spacial score (nSPS) is 10.2. The second-order valence-corrected chi connectivity index (χ2v) is 4.15. The van der Waals surface area contributed by atoms with Crippen LogP contribution in [0.1, 0.15) is 16.2 Å². The number of hydrazine groups is 1. The van der Waals surface area contributed by atoms with Crippen molar-refractivity contribution < 1.29 is 4.79 Å². The maximum Gasteiger partial charge on any atom is 0.253 e. The Hall–Kier alpha value is -2.34. The van der Waals surface area contributed by atoms with Crippen LogP contribution >= 0.6 is 0 Å². The van der Waals surface area contributed by atoms with E-state index in [-0.39, 0.29) is 5.91 Å². The van der Waals surface area contributed by atoms with Crippen LogP contribution in [0.4, 0.5) is 5.69 Å². The number of rotatable bonds is 5. The molecule has 0 radical (unpaired) electrons. The molecule has 2 rings (SSSR count). The van der Waals surface area contributed by atoms with Crippen molar-refractivity contribution in [3.63, 3.8) is 0 Å². The lowest BCUT2D eigenvalue weighted by Gasteiger charge is -2.09. The topological polar surface area (TPSA) is 85.0 Å². The molecule has 0 aliphatic rings. The van der Waals surface area contributed by atoms with Gasteiger partial charge in [0.2, 0.25) is 0 Å². The number of benzene rings is 1. The molecule has 0 bridgehead atoms. The van der Waals surface area contributed by atoms with Gasteiger partial charge in [-0.05, 0) is 12.1 Å². The fourth-order valence-corrected chi connectivity index (χ4v) is 1.83. The molecule has 0 unspecified atom stereocenters. The lowest BCUT2D eigenvalue weighted by atomic mass is 10.1. The first-order valence-corrected chi connectivity index (χ1v) is 6.02. The van der Waals surface area contributed by atoms with E-state index in [9.17, 15) is 4.79 Å². The molecule has 0 atom stereocenters. The van der Waals surface area contributed by atoms with Crippen LogP contribution in [0, 0.1) is 0 Å². The molecule has 100 valence electrons. The number of aryl methyl sites for hydroxylation is 1. The molecule has 1 amide bonds. The number of nitrogens with two attached hydrogens (primary N) is 1. The van der Waals surface area contributed by atoms with Gasteiger partial charge in [-0.25, -0.2) is 4.98 Å². The van der Waals surface area contributed by atoms with Gasteiger partial charge in [-0.15, -0.1) is 0 Å². The molecule has 0 fully saturated rings. The molecule has 2 aromatic rings. The summed E-state index contributed by atoms with van der Waals surface area (Å²) in [4.78, 5) is 16.2. The fraction of sp³-hybridized carbons (Fsp3) is 0.231. The highest BCUT2D eigenvalue weighted by atomic mass is 16.1. The number of nitrogen functional groups attached to an aromatic ring is 1. The van der Waals surface area contributed by atoms with Gasteiger partial charge < -0.3 is 15.3 Å². The molecule has 0 saturated heterocycles. The van der Waals surface area contributed by atoms with E-state index in [0.717, 1.165) is 5.82 Å². The van der Waals surface area contributed by atoms with Gasteiger partial charge >= 0.3 is 0 Å². The van der Waals surface area contributed by atoms with Crippen molar-refractivity contribution in [3.05, 3.63) is 48.0 Å². The number of hydrogen-bond acceptors (Lipinski definition) is 4. The molecule has 0 saturated carbocycles. The number of aromatic nitrogens is 2. The van der Waals surface area contributed by atoms with Gasteiger partial charge in [-0.2, -0.15) is 0 Å². The first-order valence-electron chi connectivity index (χ1n) is 6.02. The van der Waals surface area contributed by atoms with Crippen molar-refractivity contribution in [3.8, 4) is 0 Å². The molecule has 1 aromatic heterocycles. The number of carbonyl (C=O) groups is 1. The average Bonchev–Trinajstić information content (AvgIpc) is 2.84. The highest BCUT2D eigenvalue weighted by Gasteiger charge is 2.09. The van der Waals surface area contributed by atoms with E-state index in [2.05, 4.69) is 15.7 Å². The molecular formula is C13H17N5O. The predicted octanol–water partition coefficient (Wildman–Crippen LogP) is 0.678. The number of amides is 1. The summed E-state index contributed by atoms with van der Waals surface area (Å²) in [6.07, 6.45) is 4.31. The van der Waals surface area contributed by atoms with E-state index < -0.39 is 0 Å². The van der Waals surface area contributed by atoms with Crippen LogP contribution in [0.3, 0.4) is 0 Å². The van der Waals surface area contributed by atoms with Crippen LogP contribution < -0.4 is 16.6 Å². The van der Waals surface area contributed by atoms with Crippen molar-refractivity contribution in [2.45, 2.75) is 6.42 Å². The summed E-state index contributed by atoms with van der Waals surface area (Å²) in [5.41, 5.74) is 3.65. The Kier molecular flexibility index (Phi) is 4.15. The molecule has 1 aromatic carbocycles. The number of imidazole rings is 1. The second kappa shape index (κ2) is 6.01. The van der Waals surface area contributed by atoms with Gasteiger partial charge in [-0.1, -0.05) is 12.1 Å². The fourth-order valence-electron chi connectivity index (χ4n) is 1.83. The number of para-hydroxylation sites is 1. The molecule has 1 heterocycles. The zero-order valence-corrected chi connectivity index (χ0v) is 10.8. The quantitative estimate of drug-likeness (QED) is 0.544. The van der Waals surface area contributed by atoms with Gasteiger partial charge in [0.25, 0.3) is 5.91 Å². The lowest BCUT2D eigenvalue weighted by molar-refractivity contribution is 0.0954. The van der Waals surface area contributed by atoms with Crippen LogP contribution in [0.15, 0.2) is 36.7 Å². The van der Waals surface area contributed by atoms with E-state index in [1.54, 1.807) is 24.4 Å².